The number of carbonyl (C=O) groups is 1. The Morgan fingerprint density at radius 1 is 0.852 bits per heavy atom. The summed E-state index contributed by atoms with van der Waals surface area (Å²) in [5.41, 5.74) is 3.32. The van der Waals surface area contributed by atoms with Crippen molar-refractivity contribution in [1.82, 2.24) is 0 Å². The van der Waals surface area contributed by atoms with Gasteiger partial charge in [-0.2, -0.15) is 10.2 Å². The van der Waals surface area contributed by atoms with Crippen LogP contribution in [0.1, 0.15) is 10.4 Å². The molecule has 6 heteroatoms. The lowest BCUT2D eigenvalue weighted by Crippen LogP contribution is -2.11. The highest BCUT2D eigenvalue weighted by Crippen LogP contribution is 2.24. The van der Waals surface area contributed by atoms with Gasteiger partial charge in [0.2, 0.25) is 0 Å². The second kappa shape index (κ2) is 8.14. The van der Waals surface area contributed by atoms with Crippen molar-refractivity contribution < 1.29 is 9.90 Å². The largest absolute Gasteiger partial charge is 0.506 e. The van der Waals surface area contributed by atoms with Crippen molar-refractivity contribution in [1.29, 1.82) is 0 Å². The molecule has 0 fully saturated rings. The van der Waals surface area contributed by atoms with E-state index in [0.717, 1.165) is 11.4 Å². The van der Waals surface area contributed by atoms with E-state index in [4.69, 9.17) is 0 Å². The Hall–Kier alpha value is -3.67. The van der Waals surface area contributed by atoms with Gasteiger partial charge < -0.3 is 15.3 Å². The third-order valence-electron chi connectivity index (χ3n) is 3.93. The molecule has 0 aliphatic rings. The monoisotopic (exact) mass is 360 g/mol. The molecule has 3 rings (SSSR count). The molecular weight excluding hydrogens is 340 g/mol. The van der Waals surface area contributed by atoms with Gasteiger partial charge >= 0.3 is 0 Å². The van der Waals surface area contributed by atoms with Crippen molar-refractivity contribution in [3.8, 4) is 5.75 Å². The summed E-state index contributed by atoms with van der Waals surface area (Å²) in [6.45, 7) is 0. The van der Waals surface area contributed by atoms with E-state index in [9.17, 15) is 9.90 Å². The minimum Gasteiger partial charge on any atom is -0.506 e. The quantitative estimate of drug-likeness (QED) is 0.489. The zero-order chi connectivity index (χ0) is 19.2. The number of nitrogens with one attached hydrogen (secondary N) is 1. The first-order valence-electron chi connectivity index (χ1n) is 8.41. The zero-order valence-electron chi connectivity index (χ0n) is 15.1. The lowest BCUT2D eigenvalue weighted by atomic mass is 10.2. The molecule has 2 N–H and O–H groups in total. The fourth-order valence-electron chi connectivity index (χ4n) is 2.39. The predicted molar refractivity (Wildman–Crippen MR) is 107 cm³/mol. The first-order valence-corrected chi connectivity index (χ1v) is 8.41. The van der Waals surface area contributed by atoms with E-state index in [2.05, 4.69) is 15.5 Å². The van der Waals surface area contributed by atoms with Crippen molar-refractivity contribution in [2.45, 2.75) is 0 Å². The Morgan fingerprint density at radius 2 is 1.41 bits per heavy atom. The number of aromatic hydroxyl groups is 1. The fraction of sp³-hybridized carbons (Fsp3) is 0.0952. The van der Waals surface area contributed by atoms with E-state index in [1.807, 2.05) is 43.3 Å². The summed E-state index contributed by atoms with van der Waals surface area (Å²) in [7, 11) is 3.96. The maximum Gasteiger partial charge on any atom is 0.255 e. The average Bonchev–Trinajstić information content (AvgIpc) is 2.69. The van der Waals surface area contributed by atoms with Crippen LogP contribution in [0.3, 0.4) is 0 Å². The predicted octanol–water partition coefficient (Wildman–Crippen LogP) is 5.13. The Labute approximate surface area is 157 Å². The van der Waals surface area contributed by atoms with Crippen molar-refractivity contribution in [2.75, 3.05) is 24.3 Å². The Balaban J connectivity index is 1.66. The minimum atomic E-state index is -0.306. The second-order valence-electron chi connectivity index (χ2n) is 6.13. The molecule has 0 radical (unpaired) electrons. The van der Waals surface area contributed by atoms with Crippen LogP contribution < -0.4 is 10.2 Å². The van der Waals surface area contributed by atoms with Crippen LogP contribution in [0.5, 0.6) is 5.75 Å². The van der Waals surface area contributed by atoms with Gasteiger partial charge in [-0.25, -0.2) is 0 Å². The number of anilines is 2. The van der Waals surface area contributed by atoms with Gasteiger partial charge in [0.1, 0.15) is 5.75 Å². The molecule has 27 heavy (non-hydrogen) atoms. The minimum absolute atomic E-state index is 0.0246. The normalized spacial score (nSPS) is 10.7. The van der Waals surface area contributed by atoms with Crippen LogP contribution in [0, 0.1) is 0 Å². The molecule has 0 spiro atoms. The van der Waals surface area contributed by atoms with Gasteiger partial charge in [0.15, 0.2) is 0 Å². The number of hydrogen-bond donors (Lipinski definition) is 2. The van der Waals surface area contributed by atoms with Crippen LogP contribution in [0.4, 0.5) is 22.7 Å². The molecular formula is C21H20N4O2. The highest BCUT2D eigenvalue weighted by atomic mass is 16.3. The van der Waals surface area contributed by atoms with Crippen LogP contribution in [-0.2, 0) is 0 Å². The standard InChI is InChI=1S/C21H20N4O2/c1-25(2)18-13-11-17(12-14-18)24-23-16-9-7-15(8-10-16)21(27)22-19-5-3-4-6-20(19)26/h3-14,26H,1-2H3,(H,22,27)/b24-23+. The lowest BCUT2D eigenvalue weighted by molar-refractivity contribution is 0.102. The second-order valence-corrected chi connectivity index (χ2v) is 6.13. The number of azo groups is 1. The Kier molecular flexibility index (Phi) is 5.47. The molecule has 3 aromatic carbocycles. The number of phenolic OH excluding ortho intramolecular Hbond substituents is 1. The van der Waals surface area contributed by atoms with E-state index in [0.29, 0.717) is 16.9 Å². The van der Waals surface area contributed by atoms with Gasteiger partial charge in [-0.05, 0) is 60.7 Å². The summed E-state index contributed by atoms with van der Waals surface area (Å²) in [4.78, 5) is 14.3. The molecule has 0 unspecified atom stereocenters. The van der Waals surface area contributed by atoms with E-state index < -0.39 is 0 Å². The zero-order valence-corrected chi connectivity index (χ0v) is 15.1. The SMILES string of the molecule is CN(C)c1ccc(/N=N/c2ccc(C(=O)Nc3ccccc3O)cc2)cc1. The first kappa shape index (κ1) is 18.1. The molecule has 0 aromatic heterocycles. The van der Waals surface area contributed by atoms with Crippen molar-refractivity contribution in [3.05, 3.63) is 78.4 Å². The van der Waals surface area contributed by atoms with Gasteiger partial charge in [0.25, 0.3) is 5.91 Å². The van der Waals surface area contributed by atoms with Crippen LogP contribution in [0.25, 0.3) is 0 Å². The van der Waals surface area contributed by atoms with Crippen LogP contribution in [0.15, 0.2) is 83.0 Å². The number of nitrogens with zero attached hydrogens (tertiary/aromatic N) is 3. The van der Waals surface area contributed by atoms with E-state index in [1.165, 1.54) is 6.07 Å². The Bertz CT molecular complexity index is 949. The molecule has 0 saturated heterocycles. The van der Waals surface area contributed by atoms with Crippen molar-refractivity contribution >= 4 is 28.7 Å². The molecule has 6 nitrogen and oxygen atoms in total. The number of phenols is 1. The fourth-order valence-corrected chi connectivity index (χ4v) is 2.39. The van der Waals surface area contributed by atoms with Crippen molar-refractivity contribution in [2.24, 2.45) is 10.2 Å². The van der Waals surface area contributed by atoms with Gasteiger partial charge in [0, 0.05) is 25.3 Å². The average molecular weight is 360 g/mol. The maximum atomic E-state index is 12.3. The molecule has 0 bridgehead atoms. The lowest BCUT2D eigenvalue weighted by Gasteiger charge is -2.11. The topological polar surface area (TPSA) is 77.3 Å². The van der Waals surface area contributed by atoms with Gasteiger partial charge in [-0.1, -0.05) is 12.1 Å². The third kappa shape index (κ3) is 4.70. The van der Waals surface area contributed by atoms with E-state index in [1.54, 1.807) is 42.5 Å². The van der Waals surface area contributed by atoms with Crippen LogP contribution >= 0.6 is 0 Å². The number of rotatable bonds is 5. The number of benzene rings is 3. The highest BCUT2D eigenvalue weighted by molar-refractivity contribution is 6.05. The summed E-state index contributed by atoms with van der Waals surface area (Å²) in [5.74, 6) is -0.282. The van der Waals surface area contributed by atoms with Crippen molar-refractivity contribution in [3.63, 3.8) is 0 Å². The summed E-state index contributed by atoms with van der Waals surface area (Å²) in [5, 5.41) is 20.8. The molecule has 0 aliphatic heterocycles. The smallest absolute Gasteiger partial charge is 0.255 e. The molecule has 0 atom stereocenters. The molecule has 0 saturated carbocycles. The molecule has 0 heterocycles. The number of carbonyl (C=O) groups excluding carboxylic acids is 1. The maximum absolute atomic E-state index is 12.3. The molecule has 0 aliphatic carbocycles. The van der Waals surface area contributed by atoms with Crippen LogP contribution in [0.2, 0.25) is 0 Å². The highest BCUT2D eigenvalue weighted by Gasteiger charge is 2.08. The summed E-state index contributed by atoms with van der Waals surface area (Å²) >= 11 is 0. The molecule has 3 aromatic rings. The first-order chi connectivity index (χ1) is 13.0. The van der Waals surface area contributed by atoms with Gasteiger partial charge in [0.05, 0.1) is 17.1 Å². The Morgan fingerprint density at radius 3 is 1.96 bits per heavy atom. The number of hydrogen-bond acceptors (Lipinski definition) is 5. The summed E-state index contributed by atoms with van der Waals surface area (Å²) < 4.78 is 0. The third-order valence-corrected chi connectivity index (χ3v) is 3.93. The van der Waals surface area contributed by atoms with Gasteiger partial charge in [-0.3, -0.25) is 4.79 Å². The summed E-state index contributed by atoms with van der Waals surface area (Å²) in [6, 6.07) is 21.1. The van der Waals surface area contributed by atoms with Gasteiger partial charge in [-0.15, -0.1) is 0 Å². The van der Waals surface area contributed by atoms with E-state index >= 15 is 0 Å². The van der Waals surface area contributed by atoms with Crippen LogP contribution in [-0.4, -0.2) is 25.1 Å². The molecule has 136 valence electrons. The number of para-hydroxylation sites is 2. The summed E-state index contributed by atoms with van der Waals surface area (Å²) in [6.07, 6.45) is 0. The molecule has 1 amide bonds. The van der Waals surface area contributed by atoms with E-state index in [-0.39, 0.29) is 11.7 Å². The number of amides is 1.